The van der Waals surface area contributed by atoms with Crippen LogP contribution >= 0.6 is 0 Å². The van der Waals surface area contributed by atoms with Gasteiger partial charge in [0.2, 0.25) is 5.91 Å². The number of nitrogens with zero attached hydrogens (tertiary/aromatic N) is 7. The van der Waals surface area contributed by atoms with Gasteiger partial charge in [-0.15, -0.1) is 0 Å². The van der Waals surface area contributed by atoms with E-state index in [4.69, 9.17) is 0 Å². The van der Waals surface area contributed by atoms with E-state index in [9.17, 15) is 18.5 Å². The number of carbonyl (C=O) groups excluding carboxylic acids is 1. The van der Waals surface area contributed by atoms with E-state index < -0.39 is 20.6 Å². The van der Waals surface area contributed by atoms with E-state index in [1.807, 2.05) is 31.6 Å². The largest absolute Gasteiger partial charge is 0.342 e. The second-order valence-corrected chi connectivity index (χ2v) is 12.0. The lowest BCUT2D eigenvalue weighted by molar-refractivity contribution is -0.118. The van der Waals surface area contributed by atoms with E-state index in [0.29, 0.717) is 23.4 Å². The molecule has 4 aromatic heterocycles. The number of nitriles is 1. The van der Waals surface area contributed by atoms with Gasteiger partial charge in [0.25, 0.3) is 0 Å². The summed E-state index contributed by atoms with van der Waals surface area (Å²) in [6.07, 6.45) is 9.18. The number of pyridine rings is 2. The Morgan fingerprint density at radius 1 is 1.18 bits per heavy atom. The van der Waals surface area contributed by atoms with Crippen molar-refractivity contribution in [1.82, 2.24) is 29.7 Å². The number of aromatic nitrogens is 5. The highest BCUT2D eigenvalue weighted by atomic mass is 32.2. The number of aryl methyl sites for hydroxylation is 1. The van der Waals surface area contributed by atoms with Crippen LogP contribution in [0.3, 0.4) is 0 Å². The van der Waals surface area contributed by atoms with Crippen LogP contribution in [0.15, 0.2) is 61.3 Å². The normalized spacial score (nSPS) is 18.6. The average molecular weight is 545 g/mol. The van der Waals surface area contributed by atoms with Gasteiger partial charge in [0.15, 0.2) is 9.84 Å². The molecular formula is C27H28N8O3S. The third-order valence-corrected chi connectivity index (χ3v) is 9.60. The third kappa shape index (κ3) is 4.55. The molecule has 5 heterocycles. The number of fused-ring (bicyclic) bond motifs is 1. The van der Waals surface area contributed by atoms with Crippen molar-refractivity contribution < 1.29 is 13.2 Å². The zero-order chi connectivity index (χ0) is 27.9. The van der Waals surface area contributed by atoms with Crippen LogP contribution in [0.4, 0.5) is 5.82 Å². The van der Waals surface area contributed by atoms with Crippen molar-refractivity contribution in [2.75, 3.05) is 17.3 Å². The maximum Gasteiger partial charge on any atom is 0.247 e. The summed E-state index contributed by atoms with van der Waals surface area (Å²) >= 11 is 0. The molecule has 0 bridgehead atoms. The molecule has 5 rings (SSSR count). The Hall–Kier alpha value is -4.50. The second-order valence-electron chi connectivity index (χ2n) is 9.75. The molecule has 1 amide bonds. The van der Waals surface area contributed by atoms with Gasteiger partial charge in [-0.2, -0.15) is 15.5 Å². The third-order valence-electron chi connectivity index (χ3n) is 7.16. The minimum atomic E-state index is -3.73. The van der Waals surface area contributed by atoms with Crippen LogP contribution in [0.2, 0.25) is 0 Å². The zero-order valence-corrected chi connectivity index (χ0v) is 22.7. The molecule has 0 aliphatic carbocycles. The number of anilines is 1. The van der Waals surface area contributed by atoms with Gasteiger partial charge in [-0.1, -0.05) is 13.5 Å². The van der Waals surface area contributed by atoms with Crippen molar-refractivity contribution in [3.63, 3.8) is 0 Å². The van der Waals surface area contributed by atoms with Gasteiger partial charge < -0.3 is 10.2 Å². The van der Waals surface area contributed by atoms with Crippen LogP contribution in [0, 0.1) is 11.3 Å². The van der Waals surface area contributed by atoms with E-state index in [1.54, 1.807) is 46.4 Å². The molecule has 200 valence electrons. The van der Waals surface area contributed by atoms with Crippen LogP contribution in [0.1, 0.15) is 32.3 Å². The summed E-state index contributed by atoms with van der Waals surface area (Å²) in [5.74, 6) is -0.231. The van der Waals surface area contributed by atoms with Gasteiger partial charge in [0.1, 0.15) is 22.6 Å². The first-order chi connectivity index (χ1) is 18.6. The maximum absolute atomic E-state index is 13.4. The monoisotopic (exact) mass is 544 g/mol. The summed E-state index contributed by atoms with van der Waals surface area (Å²) in [4.78, 5) is 17.2. The predicted molar refractivity (Wildman–Crippen MR) is 147 cm³/mol. The summed E-state index contributed by atoms with van der Waals surface area (Å²) in [5.41, 5.74) is 4.64. The van der Waals surface area contributed by atoms with Crippen LogP contribution in [0.25, 0.3) is 27.8 Å². The molecule has 0 aromatic carbocycles. The fraction of sp³-hybridized carbons (Fsp3) is 0.296. The van der Waals surface area contributed by atoms with E-state index in [0.717, 1.165) is 22.3 Å². The van der Waals surface area contributed by atoms with Gasteiger partial charge in [0, 0.05) is 66.4 Å². The summed E-state index contributed by atoms with van der Waals surface area (Å²) in [6.45, 7) is 7.33. The quantitative estimate of drug-likeness (QED) is 0.366. The number of nitrogens with one attached hydrogen (secondary N) is 1. The standard InChI is InChI=1S/C27H28N8O3S/c1-5-27(32-26(36)18(2)3)8-9-34(17-39(27,37)38)24-7-6-19(12-29-24)23-10-20(22-14-30-33(4)15-22)16-35-25(23)21(11-28)13-31-35/h6-7,10,12-16H,2,5,8-9,17H2,1,3-4H3,(H,32,36). The van der Waals surface area contributed by atoms with Crippen molar-refractivity contribution in [1.29, 1.82) is 5.26 Å². The van der Waals surface area contributed by atoms with Gasteiger partial charge in [-0.05, 0) is 31.5 Å². The Morgan fingerprint density at radius 2 is 1.97 bits per heavy atom. The molecule has 0 radical (unpaired) electrons. The Morgan fingerprint density at radius 3 is 2.56 bits per heavy atom. The lowest BCUT2D eigenvalue weighted by atomic mass is 10.0. The van der Waals surface area contributed by atoms with Crippen molar-refractivity contribution in [3.8, 4) is 28.3 Å². The SMILES string of the molecule is C=C(C)C(=O)NC1(CC)CCN(c2ccc(-c3cc(-c4cnn(C)c4)cn4ncc(C#N)c34)cn2)CS1(=O)=O. The van der Waals surface area contributed by atoms with Crippen molar-refractivity contribution in [2.45, 2.75) is 31.6 Å². The molecule has 39 heavy (non-hydrogen) atoms. The lowest BCUT2D eigenvalue weighted by Crippen LogP contribution is -2.61. The molecule has 1 atom stereocenters. The highest BCUT2D eigenvalue weighted by Crippen LogP contribution is 2.34. The summed E-state index contributed by atoms with van der Waals surface area (Å²) in [5, 5.41) is 21.0. The molecule has 1 fully saturated rings. The fourth-order valence-corrected chi connectivity index (χ4v) is 6.88. The number of sulfone groups is 1. The van der Waals surface area contributed by atoms with Crippen molar-refractivity contribution in [3.05, 3.63) is 66.9 Å². The van der Waals surface area contributed by atoms with Crippen LogP contribution in [0.5, 0.6) is 0 Å². The highest BCUT2D eigenvalue weighted by molar-refractivity contribution is 7.92. The molecule has 1 aliphatic heterocycles. The Kier molecular flexibility index (Phi) is 6.47. The first kappa shape index (κ1) is 26.1. The zero-order valence-electron chi connectivity index (χ0n) is 21.9. The van der Waals surface area contributed by atoms with E-state index in [-0.39, 0.29) is 24.3 Å². The smallest absolute Gasteiger partial charge is 0.247 e. The number of hydrogen-bond donors (Lipinski definition) is 1. The Balaban J connectivity index is 1.48. The van der Waals surface area contributed by atoms with Gasteiger partial charge in [0.05, 0.1) is 23.5 Å². The van der Waals surface area contributed by atoms with Crippen molar-refractivity contribution >= 4 is 27.1 Å². The molecule has 4 aromatic rings. The number of hydrogen-bond acceptors (Lipinski definition) is 8. The summed E-state index contributed by atoms with van der Waals surface area (Å²) < 4.78 is 30.1. The van der Waals surface area contributed by atoms with Gasteiger partial charge >= 0.3 is 0 Å². The minimum Gasteiger partial charge on any atom is -0.342 e. The fourth-order valence-electron chi connectivity index (χ4n) is 4.87. The number of amides is 1. The van der Waals surface area contributed by atoms with Crippen molar-refractivity contribution in [2.24, 2.45) is 7.05 Å². The maximum atomic E-state index is 13.4. The molecule has 1 saturated heterocycles. The van der Waals surface area contributed by atoms with E-state index >= 15 is 0 Å². The molecule has 12 heteroatoms. The lowest BCUT2D eigenvalue weighted by Gasteiger charge is -2.41. The molecule has 1 aliphatic rings. The Labute approximate surface area is 226 Å². The molecule has 0 spiro atoms. The van der Waals surface area contributed by atoms with E-state index in [1.165, 1.54) is 6.20 Å². The summed E-state index contributed by atoms with van der Waals surface area (Å²) in [7, 11) is -1.89. The van der Waals surface area contributed by atoms with Crippen LogP contribution in [-0.2, 0) is 21.7 Å². The highest BCUT2D eigenvalue weighted by Gasteiger charge is 2.47. The first-order valence-electron chi connectivity index (χ1n) is 12.4. The molecular weight excluding hydrogens is 516 g/mol. The topological polar surface area (TPSA) is 138 Å². The molecule has 11 nitrogen and oxygen atoms in total. The van der Waals surface area contributed by atoms with E-state index in [2.05, 4.69) is 33.1 Å². The Bertz CT molecular complexity index is 1750. The minimum absolute atomic E-state index is 0.226. The van der Waals surface area contributed by atoms with Gasteiger partial charge in [-0.25, -0.2) is 17.9 Å². The number of rotatable bonds is 6. The average Bonchev–Trinajstić information content (AvgIpc) is 3.55. The molecule has 0 saturated carbocycles. The van der Waals surface area contributed by atoms with Crippen LogP contribution in [-0.4, -0.2) is 56.0 Å². The second kappa shape index (κ2) is 9.67. The predicted octanol–water partition coefficient (Wildman–Crippen LogP) is 3.05. The van der Waals surface area contributed by atoms with Gasteiger partial charge in [-0.3, -0.25) is 9.48 Å². The molecule has 1 unspecified atom stereocenters. The molecule has 1 N–H and O–H groups in total. The van der Waals surface area contributed by atoms with Crippen LogP contribution < -0.4 is 10.2 Å². The number of carbonyl (C=O) groups is 1. The first-order valence-corrected chi connectivity index (χ1v) is 14.0. The summed E-state index contributed by atoms with van der Waals surface area (Å²) in [6, 6.07) is 7.79.